The molecule has 1 unspecified atom stereocenters. The van der Waals surface area contributed by atoms with Gasteiger partial charge in [0.15, 0.2) is 0 Å². The lowest BCUT2D eigenvalue weighted by Gasteiger charge is -2.16. The van der Waals surface area contributed by atoms with E-state index in [0.717, 1.165) is 10.9 Å². The Balaban J connectivity index is 2.74. The first-order valence-electron chi connectivity index (χ1n) is 6.82. The lowest BCUT2D eigenvalue weighted by molar-refractivity contribution is -0.122. The van der Waals surface area contributed by atoms with Gasteiger partial charge in [0.1, 0.15) is 11.7 Å². The van der Waals surface area contributed by atoms with E-state index in [-0.39, 0.29) is 17.9 Å². The average Bonchev–Trinajstić information content (AvgIpc) is 2.78. The molecule has 20 heavy (non-hydrogen) atoms. The molecule has 0 aliphatic heterocycles. The first kappa shape index (κ1) is 16.8. The van der Waals surface area contributed by atoms with Crippen molar-refractivity contribution in [2.24, 2.45) is 0 Å². The largest absolute Gasteiger partial charge is 0.354 e. The van der Waals surface area contributed by atoms with Crippen molar-refractivity contribution in [2.45, 2.75) is 46.2 Å². The van der Waals surface area contributed by atoms with Crippen molar-refractivity contribution >= 4 is 27.7 Å². The Morgan fingerprint density at radius 3 is 2.55 bits per heavy atom. The number of aromatic nitrogens is 1. The maximum Gasteiger partial charge on any atom is 0.268 e. The quantitative estimate of drug-likeness (QED) is 0.833. The second kappa shape index (κ2) is 7.47. The van der Waals surface area contributed by atoms with Gasteiger partial charge < -0.3 is 15.2 Å². The fourth-order valence-corrected chi connectivity index (χ4v) is 2.23. The topological polar surface area (TPSA) is 63.1 Å². The third-order valence-corrected chi connectivity index (χ3v) is 3.33. The summed E-state index contributed by atoms with van der Waals surface area (Å²) in [4.78, 5) is 24.0. The van der Waals surface area contributed by atoms with E-state index in [4.69, 9.17) is 0 Å². The molecule has 2 amide bonds. The van der Waals surface area contributed by atoms with Gasteiger partial charge in [-0.1, -0.05) is 6.92 Å². The van der Waals surface area contributed by atoms with E-state index in [0.29, 0.717) is 12.2 Å². The molecule has 1 heterocycles. The summed E-state index contributed by atoms with van der Waals surface area (Å²) in [6.45, 7) is 8.28. The third kappa shape index (κ3) is 4.37. The lowest BCUT2D eigenvalue weighted by atomic mass is 10.2. The Bertz CT molecular complexity index is 483. The SMILES string of the molecule is CCCNC(=O)C(C)NC(=O)c1cc(Br)cn1C(C)C. The molecule has 0 radical (unpaired) electrons. The number of amides is 2. The molecule has 0 saturated carbocycles. The normalized spacial score (nSPS) is 12.3. The van der Waals surface area contributed by atoms with Crippen molar-refractivity contribution in [3.8, 4) is 0 Å². The van der Waals surface area contributed by atoms with Crippen LogP contribution < -0.4 is 10.6 Å². The van der Waals surface area contributed by atoms with Crippen LogP contribution in [0.15, 0.2) is 16.7 Å². The second-order valence-corrected chi connectivity index (χ2v) is 5.95. The standard InChI is InChI=1S/C14H22BrN3O2/c1-5-6-16-13(19)10(4)17-14(20)12-7-11(15)8-18(12)9(2)3/h7-10H,5-6H2,1-4H3,(H,16,19)(H,17,20). The molecule has 1 atom stereocenters. The molecule has 0 fully saturated rings. The van der Waals surface area contributed by atoms with Gasteiger partial charge in [0.2, 0.25) is 5.91 Å². The highest BCUT2D eigenvalue weighted by Gasteiger charge is 2.19. The zero-order chi connectivity index (χ0) is 15.3. The number of nitrogens with zero attached hydrogens (tertiary/aromatic N) is 1. The van der Waals surface area contributed by atoms with Crippen LogP contribution in [0.5, 0.6) is 0 Å². The third-order valence-electron chi connectivity index (χ3n) is 2.89. The summed E-state index contributed by atoms with van der Waals surface area (Å²) in [7, 11) is 0. The van der Waals surface area contributed by atoms with Crippen LogP contribution in [0.25, 0.3) is 0 Å². The van der Waals surface area contributed by atoms with Gasteiger partial charge in [-0.2, -0.15) is 0 Å². The van der Waals surface area contributed by atoms with E-state index in [1.807, 2.05) is 31.5 Å². The van der Waals surface area contributed by atoms with Crippen LogP contribution in [0.1, 0.15) is 50.6 Å². The average molecular weight is 344 g/mol. The Labute approximate surface area is 128 Å². The maximum absolute atomic E-state index is 12.2. The van der Waals surface area contributed by atoms with Gasteiger partial charge in [-0.05, 0) is 49.2 Å². The van der Waals surface area contributed by atoms with Crippen molar-refractivity contribution < 1.29 is 9.59 Å². The summed E-state index contributed by atoms with van der Waals surface area (Å²) >= 11 is 3.37. The van der Waals surface area contributed by atoms with E-state index in [1.54, 1.807) is 13.0 Å². The molecule has 0 saturated heterocycles. The molecule has 0 aromatic carbocycles. The van der Waals surface area contributed by atoms with Crippen molar-refractivity contribution in [1.29, 1.82) is 0 Å². The molecule has 1 aromatic heterocycles. The number of carbonyl (C=O) groups is 2. The fraction of sp³-hybridized carbons (Fsp3) is 0.571. The Hall–Kier alpha value is -1.30. The summed E-state index contributed by atoms with van der Waals surface area (Å²) in [5.74, 6) is -0.412. The van der Waals surface area contributed by atoms with E-state index < -0.39 is 6.04 Å². The monoisotopic (exact) mass is 343 g/mol. The fourth-order valence-electron chi connectivity index (χ4n) is 1.79. The van der Waals surface area contributed by atoms with Crippen LogP contribution >= 0.6 is 15.9 Å². The Kier molecular flexibility index (Phi) is 6.26. The van der Waals surface area contributed by atoms with Crippen molar-refractivity contribution in [2.75, 3.05) is 6.54 Å². The first-order valence-corrected chi connectivity index (χ1v) is 7.62. The summed E-state index contributed by atoms with van der Waals surface area (Å²) < 4.78 is 2.72. The maximum atomic E-state index is 12.2. The molecule has 5 nitrogen and oxygen atoms in total. The molecule has 1 rings (SSSR count). The summed E-state index contributed by atoms with van der Waals surface area (Å²) in [5, 5.41) is 5.48. The number of rotatable bonds is 6. The molecule has 0 aliphatic carbocycles. The van der Waals surface area contributed by atoms with E-state index >= 15 is 0 Å². The highest BCUT2D eigenvalue weighted by Crippen LogP contribution is 2.19. The Morgan fingerprint density at radius 2 is 2.00 bits per heavy atom. The predicted molar refractivity (Wildman–Crippen MR) is 82.7 cm³/mol. The molecule has 0 bridgehead atoms. The Morgan fingerprint density at radius 1 is 1.35 bits per heavy atom. The molecule has 2 N–H and O–H groups in total. The molecule has 112 valence electrons. The van der Waals surface area contributed by atoms with E-state index in [9.17, 15) is 9.59 Å². The number of hydrogen-bond donors (Lipinski definition) is 2. The van der Waals surface area contributed by atoms with Crippen LogP contribution in [0.2, 0.25) is 0 Å². The number of halogens is 1. The molecule has 1 aromatic rings. The molecule has 0 aliphatic rings. The number of carbonyl (C=O) groups excluding carboxylic acids is 2. The number of nitrogens with one attached hydrogen (secondary N) is 2. The molecule has 6 heteroatoms. The van der Waals surface area contributed by atoms with Crippen LogP contribution in [0.3, 0.4) is 0 Å². The van der Waals surface area contributed by atoms with Gasteiger partial charge in [0.05, 0.1) is 0 Å². The smallest absolute Gasteiger partial charge is 0.268 e. The van der Waals surface area contributed by atoms with Crippen molar-refractivity contribution in [3.05, 3.63) is 22.4 Å². The number of hydrogen-bond acceptors (Lipinski definition) is 2. The first-order chi connectivity index (χ1) is 9.36. The lowest BCUT2D eigenvalue weighted by Crippen LogP contribution is -2.45. The van der Waals surface area contributed by atoms with E-state index in [1.165, 1.54) is 0 Å². The van der Waals surface area contributed by atoms with Crippen molar-refractivity contribution in [1.82, 2.24) is 15.2 Å². The van der Waals surface area contributed by atoms with E-state index in [2.05, 4.69) is 26.6 Å². The van der Waals surface area contributed by atoms with Gasteiger partial charge in [0.25, 0.3) is 5.91 Å². The second-order valence-electron chi connectivity index (χ2n) is 5.03. The van der Waals surface area contributed by atoms with Crippen LogP contribution in [-0.4, -0.2) is 29.0 Å². The van der Waals surface area contributed by atoms with Gasteiger partial charge in [-0.3, -0.25) is 9.59 Å². The van der Waals surface area contributed by atoms with Gasteiger partial charge in [-0.15, -0.1) is 0 Å². The molecular formula is C14H22BrN3O2. The van der Waals surface area contributed by atoms with Crippen molar-refractivity contribution in [3.63, 3.8) is 0 Å². The predicted octanol–water partition coefficient (Wildman–Crippen LogP) is 2.48. The minimum Gasteiger partial charge on any atom is -0.354 e. The minimum atomic E-state index is -0.552. The zero-order valence-corrected chi connectivity index (χ0v) is 14.0. The summed E-state index contributed by atoms with van der Waals surface area (Å²) in [6, 6.07) is 1.38. The molecule has 0 spiro atoms. The van der Waals surface area contributed by atoms with Gasteiger partial charge in [-0.25, -0.2) is 0 Å². The summed E-state index contributed by atoms with van der Waals surface area (Å²) in [6.07, 6.45) is 2.73. The molecular weight excluding hydrogens is 322 g/mol. The van der Waals surface area contributed by atoms with Gasteiger partial charge in [0, 0.05) is 23.3 Å². The highest BCUT2D eigenvalue weighted by atomic mass is 79.9. The summed E-state index contributed by atoms with van der Waals surface area (Å²) in [5.41, 5.74) is 0.544. The van der Waals surface area contributed by atoms with Crippen LogP contribution in [-0.2, 0) is 4.79 Å². The highest BCUT2D eigenvalue weighted by molar-refractivity contribution is 9.10. The van der Waals surface area contributed by atoms with Crippen LogP contribution in [0, 0.1) is 0 Å². The van der Waals surface area contributed by atoms with Gasteiger partial charge >= 0.3 is 0 Å². The van der Waals surface area contributed by atoms with Crippen LogP contribution in [0.4, 0.5) is 0 Å². The minimum absolute atomic E-state index is 0.165. The zero-order valence-electron chi connectivity index (χ0n) is 12.4.